The van der Waals surface area contributed by atoms with Gasteiger partial charge in [-0.05, 0) is 19.4 Å². The SMILES string of the molecule is CNC/C=C/C1CCS(=O)(=O)C1. The second-order valence-electron chi connectivity index (χ2n) is 3.15. The molecule has 0 aromatic carbocycles. The molecule has 1 saturated heterocycles. The predicted octanol–water partition coefficient (Wildman–Crippen LogP) is 0.197. The van der Waals surface area contributed by atoms with E-state index in [9.17, 15) is 8.42 Å². The van der Waals surface area contributed by atoms with Gasteiger partial charge in [-0.1, -0.05) is 12.2 Å². The van der Waals surface area contributed by atoms with Crippen LogP contribution in [0.25, 0.3) is 0 Å². The Morgan fingerprint density at radius 1 is 1.58 bits per heavy atom. The number of rotatable bonds is 3. The minimum absolute atomic E-state index is 0.253. The number of hydrogen-bond acceptors (Lipinski definition) is 3. The van der Waals surface area contributed by atoms with E-state index in [1.54, 1.807) is 0 Å². The summed E-state index contributed by atoms with van der Waals surface area (Å²) in [5.41, 5.74) is 0. The van der Waals surface area contributed by atoms with E-state index >= 15 is 0 Å². The first-order valence-electron chi connectivity index (χ1n) is 4.16. The van der Waals surface area contributed by atoms with E-state index in [0.29, 0.717) is 11.5 Å². The highest BCUT2D eigenvalue weighted by atomic mass is 32.2. The van der Waals surface area contributed by atoms with Crippen molar-refractivity contribution in [2.45, 2.75) is 6.42 Å². The second-order valence-corrected chi connectivity index (χ2v) is 5.38. The van der Waals surface area contributed by atoms with Gasteiger partial charge in [0.2, 0.25) is 0 Å². The molecule has 1 N–H and O–H groups in total. The normalized spacial score (nSPS) is 28.2. The Morgan fingerprint density at radius 3 is 2.83 bits per heavy atom. The lowest BCUT2D eigenvalue weighted by Gasteiger charge is -1.97. The van der Waals surface area contributed by atoms with Gasteiger partial charge in [-0.15, -0.1) is 0 Å². The molecular weight excluding hydrogens is 174 g/mol. The topological polar surface area (TPSA) is 46.2 Å². The van der Waals surface area contributed by atoms with Gasteiger partial charge in [0.15, 0.2) is 9.84 Å². The molecule has 0 bridgehead atoms. The molecule has 70 valence electrons. The Balaban J connectivity index is 2.38. The molecule has 1 aliphatic heterocycles. The zero-order chi connectivity index (χ0) is 9.03. The van der Waals surface area contributed by atoms with E-state index in [1.807, 2.05) is 19.2 Å². The summed E-state index contributed by atoms with van der Waals surface area (Å²) in [5.74, 6) is 0.956. The highest BCUT2D eigenvalue weighted by Crippen LogP contribution is 2.18. The first-order valence-corrected chi connectivity index (χ1v) is 5.98. The van der Waals surface area contributed by atoms with Crippen molar-refractivity contribution in [3.63, 3.8) is 0 Å². The molecule has 1 aliphatic rings. The van der Waals surface area contributed by atoms with E-state index in [-0.39, 0.29) is 5.92 Å². The fourth-order valence-electron chi connectivity index (χ4n) is 1.35. The molecule has 4 heteroatoms. The number of sulfone groups is 1. The molecule has 0 radical (unpaired) electrons. The van der Waals surface area contributed by atoms with Gasteiger partial charge in [-0.25, -0.2) is 8.42 Å². The van der Waals surface area contributed by atoms with E-state index in [2.05, 4.69) is 5.32 Å². The second kappa shape index (κ2) is 4.05. The molecule has 0 saturated carbocycles. The van der Waals surface area contributed by atoms with Crippen LogP contribution in [0.1, 0.15) is 6.42 Å². The van der Waals surface area contributed by atoms with Gasteiger partial charge in [0, 0.05) is 6.54 Å². The van der Waals surface area contributed by atoms with Gasteiger partial charge >= 0.3 is 0 Å². The van der Waals surface area contributed by atoms with E-state index < -0.39 is 9.84 Å². The molecule has 1 rings (SSSR count). The smallest absolute Gasteiger partial charge is 0.150 e. The third kappa shape index (κ3) is 2.95. The number of allylic oxidation sites excluding steroid dienone is 1. The van der Waals surface area contributed by atoms with Crippen LogP contribution in [-0.2, 0) is 9.84 Å². The fraction of sp³-hybridized carbons (Fsp3) is 0.750. The third-order valence-electron chi connectivity index (χ3n) is 2.00. The fourth-order valence-corrected chi connectivity index (χ4v) is 3.11. The van der Waals surface area contributed by atoms with Crippen LogP contribution in [0.5, 0.6) is 0 Å². The molecule has 0 aromatic heterocycles. The Kier molecular flexibility index (Phi) is 3.29. The van der Waals surface area contributed by atoms with Crippen molar-refractivity contribution in [2.75, 3.05) is 25.1 Å². The lowest BCUT2D eigenvalue weighted by atomic mass is 10.1. The molecule has 1 atom stereocenters. The summed E-state index contributed by atoms with van der Waals surface area (Å²) in [7, 11) is -0.833. The van der Waals surface area contributed by atoms with Gasteiger partial charge in [-0.3, -0.25) is 0 Å². The van der Waals surface area contributed by atoms with Crippen LogP contribution in [0.3, 0.4) is 0 Å². The van der Waals surface area contributed by atoms with Crippen LogP contribution < -0.4 is 5.32 Å². The number of likely N-dealkylation sites (N-methyl/N-ethyl adjacent to an activating group) is 1. The van der Waals surface area contributed by atoms with Crippen molar-refractivity contribution < 1.29 is 8.42 Å². The van der Waals surface area contributed by atoms with Crippen LogP contribution in [0.15, 0.2) is 12.2 Å². The zero-order valence-corrected chi connectivity index (χ0v) is 8.10. The summed E-state index contributed by atoms with van der Waals surface area (Å²) >= 11 is 0. The minimum atomic E-state index is -2.70. The first-order chi connectivity index (χ1) is 5.64. The first kappa shape index (κ1) is 9.74. The van der Waals surface area contributed by atoms with Gasteiger partial charge < -0.3 is 5.32 Å². The molecular formula is C8H15NO2S. The van der Waals surface area contributed by atoms with Crippen molar-refractivity contribution in [3.8, 4) is 0 Å². The molecule has 0 spiro atoms. The van der Waals surface area contributed by atoms with Crippen LogP contribution in [-0.4, -0.2) is 33.5 Å². The molecule has 0 aliphatic carbocycles. The average Bonchev–Trinajstić information content (AvgIpc) is 2.31. The molecule has 1 heterocycles. The van der Waals surface area contributed by atoms with Crippen LogP contribution in [0.2, 0.25) is 0 Å². The van der Waals surface area contributed by atoms with Gasteiger partial charge in [0.25, 0.3) is 0 Å². The van der Waals surface area contributed by atoms with Gasteiger partial charge in [0.05, 0.1) is 11.5 Å². The zero-order valence-electron chi connectivity index (χ0n) is 7.29. The number of nitrogens with one attached hydrogen (secondary N) is 1. The summed E-state index contributed by atoms with van der Waals surface area (Å²) in [6.45, 7) is 0.816. The Labute approximate surface area is 73.8 Å². The van der Waals surface area contributed by atoms with E-state index in [4.69, 9.17) is 0 Å². The summed E-state index contributed by atoms with van der Waals surface area (Å²) in [6.07, 6.45) is 4.79. The maximum atomic E-state index is 11.0. The van der Waals surface area contributed by atoms with Crippen molar-refractivity contribution in [1.82, 2.24) is 5.32 Å². The lowest BCUT2D eigenvalue weighted by molar-refractivity contribution is 0.601. The Hall–Kier alpha value is -0.350. The summed E-state index contributed by atoms with van der Waals surface area (Å²) in [6, 6.07) is 0. The largest absolute Gasteiger partial charge is 0.316 e. The third-order valence-corrected chi connectivity index (χ3v) is 3.79. The van der Waals surface area contributed by atoms with Gasteiger partial charge in [-0.2, -0.15) is 0 Å². The van der Waals surface area contributed by atoms with Crippen LogP contribution >= 0.6 is 0 Å². The lowest BCUT2D eigenvalue weighted by Crippen LogP contribution is -2.06. The van der Waals surface area contributed by atoms with Crippen molar-refractivity contribution in [3.05, 3.63) is 12.2 Å². The Bertz CT molecular complexity index is 256. The van der Waals surface area contributed by atoms with Gasteiger partial charge in [0.1, 0.15) is 0 Å². The molecule has 3 nitrogen and oxygen atoms in total. The molecule has 12 heavy (non-hydrogen) atoms. The summed E-state index contributed by atoms with van der Waals surface area (Å²) in [4.78, 5) is 0. The average molecular weight is 189 g/mol. The maximum Gasteiger partial charge on any atom is 0.150 e. The summed E-state index contributed by atoms with van der Waals surface area (Å²) < 4.78 is 22.0. The minimum Gasteiger partial charge on any atom is -0.316 e. The van der Waals surface area contributed by atoms with Crippen molar-refractivity contribution in [2.24, 2.45) is 5.92 Å². The quantitative estimate of drug-likeness (QED) is 0.645. The van der Waals surface area contributed by atoms with Crippen LogP contribution in [0, 0.1) is 5.92 Å². The standard InChI is InChI=1S/C8H15NO2S/c1-9-5-2-3-8-4-6-12(10,11)7-8/h2-3,8-9H,4-7H2,1H3/b3-2+. The van der Waals surface area contributed by atoms with Crippen LogP contribution in [0.4, 0.5) is 0 Å². The molecule has 0 amide bonds. The molecule has 1 fully saturated rings. The van der Waals surface area contributed by atoms with E-state index in [0.717, 1.165) is 13.0 Å². The van der Waals surface area contributed by atoms with E-state index in [1.165, 1.54) is 0 Å². The molecule has 1 unspecified atom stereocenters. The molecule has 0 aromatic rings. The van der Waals surface area contributed by atoms with Crippen molar-refractivity contribution in [1.29, 1.82) is 0 Å². The Morgan fingerprint density at radius 2 is 2.33 bits per heavy atom. The highest BCUT2D eigenvalue weighted by molar-refractivity contribution is 7.91. The van der Waals surface area contributed by atoms with Crippen molar-refractivity contribution >= 4 is 9.84 Å². The number of hydrogen-bond donors (Lipinski definition) is 1. The monoisotopic (exact) mass is 189 g/mol. The maximum absolute atomic E-state index is 11.0. The summed E-state index contributed by atoms with van der Waals surface area (Å²) in [5, 5.41) is 2.98. The highest BCUT2D eigenvalue weighted by Gasteiger charge is 2.25. The predicted molar refractivity (Wildman–Crippen MR) is 49.8 cm³/mol.